The highest BCUT2D eigenvalue weighted by atomic mass is 15.0. The molecule has 1 fully saturated rings. The molecule has 84 valence electrons. The van der Waals surface area contributed by atoms with E-state index in [4.69, 9.17) is 10.7 Å². The molecule has 0 saturated heterocycles. The maximum atomic E-state index is 6.00. The molecule has 1 atom stereocenters. The molecule has 3 rings (SSSR count). The predicted molar refractivity (Wildman–Crippen MR) is 64.5 cm³/mol. The van der Waals surface area contributed by atoms with Gasteiger partial charge >= 0.3 is 0 Å². The summed E-state index contributed by atoms with van der Waals surface area (Å²) in [5.74, 6) is 0.695. The first-order valence-corrected chi connectivity index (χ1v) is 5.92. The largest absolute Gasteiger partial charge is 0.323 e. The van der Waals surface area contributed by atoms with Crippen LogP contribution in [0.5, 0.6) is 0 Å². The second kappa shape index (κ2) is 3.32. The van der Waals surface area contributed by atoms with Crippen LogP contribution in [0.2, 0.25) is 0 Å². The lowest BCUT2D eigenvalue weighted by Crippen LogP contribution is -2.10. The summed E-state index contributed by atoms with van der Waals surface area (Å²) in [6, 6.07) is 6.23. The van der Waals surface area contributed by atoms with E-state index < -0.39 is 0 Å². The normalized spacial score (nSPS) is 17.9. The first-order valence-electron chi connectivity index (χ1n) is 5.92. The van der Waals surface area contributed by atoms with Gasteiger partial charge in [0.1, 0.15) is 5.65 Å². The van der Waals surface area contributed by atoms with Gasteiger partial charge in [-0.3, -0.25) is 4.40 Å². The van der Waals surface area contributed by atoms with Crippen molar-refractivity contribution in [2.75, 3.05) is 0 Å². The van der Waals surface area contributed by atoms with Crippen LogP contribution in [0.25, 0.3) is 5.65 Å². The van der Waals surface area contributed by atoms with E-state index in [1.165, 1.54) is 24.2 Å². The number of hydrogen-bond acceptors (Lipinski definition) is 2. The van der Waals surface area contributed by atoms with E-state index in [0.29, 0.717) is 5.92 Å². The maximum absolute atomic E-state index is 6.00. The standard InChI is InChI=1S/C13H17N3/c1-8(14)11-4-3-5-12-15-13(10-6-7-10)9(2)16(11)12/h3-5,8,10H,6-7,14H2,1-2H3. The molecule has 2 heterocycles. The molecule has 2 aromatic rings. The van der Waals surface area contributed by atoms with E-state index in [2.05, 4.69) is 23.5 Å². The number of aryl methyl sites for hydroxylation is 1. The van der Waals surface area contributed by atoms with E-state index in [1.54, 1.807) is 0 Å². The van der Waals surface area contributed by atoms with Gasteiger partial charge in [0.25, 0.3) is 0 Å². The molecular formula is C13H17N3. The Hall–Kier alpha value is -1.35. The van der Waals surface area contributed by atoms with Gasteiger partial charge in [0.2, 0.25) is 0 Å². The molecule has 2 aromatic heterocycles. The van der Waals surface area contributed by atoms with Gasteiger partial charge < -0.3 is 5.73 Å². The third kappa shape index (κ3) is 1.35. The Bertz CT molecular complexity index is 535. The summed E-state index contributed by atoms with van der Waals surface area (Å²) >= 11 is 0. The van der Waals surface area contributed by atoms with Crippen molar-refractivity contribution < 1.29 is 0 Å². The number of nitrogens with two attached hydrogens (primary N) is 1. The summed E-state index contributed by atoms with van der Waals surface area (Å²) in [6.45, 7) is 4.17. The molecule has 0 aromatic carbocycles. The third-order valence-electron chi connectivity index (χ3n) is 3.37. The first-order chi connectivity index (χ1) is 7.68. The highest BCUT2D eigenvalue weighted by Gasteiger charge is 2.29. The summed E-state index contributed by atoms with van der Waals surface area (Å²) in [7, 11) is 0. The molecule has 1 aliphatic carbocycles. The van der Waals surface area contributed by atoms with Gasteiger partial charge in [-0.2, -0.15) is 0 Å². The lowest BCUT2D eigenvalue weighted by Gasteiger charge is -2.10. The van der Waals surface area contributed by atoms with Crippen molar-refractivity contribution in [2.45, 2.75) is 38.6 Å². The van der Waals surface area contributed by atoms with E-state index in [-0.39, 0.29) is 6.04 Å². The van der Waals surface area contributed by atoms with Crippen LogP contribution < -0.4 is 5.73 Å². The smallest absolute Gasteiger partial charge is 0.137 e. The Kier molecular flexibility index (Phi) is 2.04. The number of nitrogens with zero attached hydrogens (tertiary/aromatic N) is 2. The van der Waals surface area contributed by atoms with Gasteiger partial charge in [-0.25, -0.2) is 4.98 Å². The van der Waals surface area contributed by atoms with Crippen molar-refractivity contribution in [3.05, 3.63) is 35.3 Å². The van der Waals surface area contributed by atoms with Gasteiger partial charge in [0.15, 0.2) is 0 Å². The zero-order valence-corrected chi connectivity index (χ0v) is 9.77. The van der Waals surface area contributed by atoms with Crippen molar-refractivity contribution in [1.82, 2.24) is 9.38 Å². The Labute approximate surface area is 95.3 Å². The van der Waals surface area contributed by atoms with Crippen LogP contribution in [0.1, 0.15) is 48.8 Å². The lowest BCUT2D eigenvalue weighted by atomic mass is 10.2. The van der Waals surface area contributed by atoms with Crippen molar-refractivity contribution in [1.29, 1.82) is 0 Å². The number of imidazole rings is 1. The van der Waals surface area contributed by atoms with Crippen molar-refractivity contribution in [2.24, 2.45) is 5.73 Å². The zero-order chi connectivity index (χ0) is 11.3. The van der Waals surface area contributed by atoms with Crippen molar-refractivity contribution >= 4 is 5.65 Å². The molecule has 16 heavy (non-hydrogen) atoms. The molecule has 0 aliphatic heterocycles. The van der Waals surface area contributed by atoms with Gasteiger partial charge in [0.05, 0.1) is 5.69 Å². The fourth-order valence-electron chi connectivity index (χ4n) is 2.38. The fraction of sp³-hybridized carbons (Fsp3) is 0.462. The maximum Gasteiger partial charge on any atom is 0.137 e. The van der Waals surface area contributed by atoms with Gasteiger partial charge in [-0.05, 0) is 38.8 Å². The number of aromatic nitrogens is 2. The monoisotopic (exact) mass is 215 g/mol. The van der Waals surface area contributed by atoms with Gasteiger partial charge in [0, 0.05) is 23.3 Å². The van der Waals surface area contributed by atoms with E-state index in [9.17, 15) is 0 Å². The average Bonchev–Trinajstić information content (AvgIpc) is 3.04. The summed E-state index contributed by atoms with van der Waals surface area (Å²) in [5.41, 5.74) is 10.7. The molecule has 3 heteroatoms. The van der Waals surface area contributed by atoms with Gasteiger partial charge in [-0.1, -0.05) is 6.07 Å². The molecule has 1 saturated carbocycles. The molecule has 2 N–H and O–H groups in total. The molecule has 0 spiro atoms. The summed E-state index contributed by atoms with van der Waals surface area (Å²) < 4.78 is 2.21. The number of hydrogen-bond donors (Lipinski definition) is 1. The second-order valence-corrected chi connectivity index (χ2v) is 4.79. The minimum Gasteiger partial charge on any atom is -0.323 e. The number of pyridine rings is 1. The fourth-order valence-corrected chi connectivity index (χ4v) is 2.38. The minimum absolute atomic E-state index is 0.0450. The lowest BCUT2D eigenvalue weighted by molar-refractivity contribution is 0.756. The molecule has 0 bridgehead atoms. The van der Waals surface area contributed by atoms with E-state index in [0.717, 1.165) is 11.3 Å². The SMILES string of the molecule is Cc1c(C2CC2)nc2cccc(C(C)N)n12. The summed E-state index contributed by atoms with van der Waals surface area (Å²) in [5, 5.41) is 0. The first kappa shape index (κ1) is 9.85. The van der Waals surface area contributed by atoms with Crippen LogP contribution >= 0.6 is 0 Å². The molecule has 1 unspecified atom stereocenters. The number of fused-ring (bicyclic) bond motifs is 1. The van der Waals surface area contributed by atoms with Crippen LogP contribution in [0.4, 0.5) is 0 Å². The molecule has 1 aliphatic rings. The van der Waals surface area contributed by atoms with Crippen LogP contribution in [0.3, 0.4) is 0 Å². The molecule has 0 radical (unpaired) electrons. The van der Waals surface area contributed by atoms with Crippen LogP contribution in [-0.4, -0.2) is 9.38 Å². The van der Waals surface area contributed by atoms with Crippen LogP contribution in [-0.2, 0) is 0 Å². The summed E-state index contributed by atoms with van der Waals surface area (Å²) in [4.78, 5) is 4.72. The average molecular weight is 215 g/mol. The Morgan fingerprint density at radius 1 is 1.44 bits per heavy atom. The quantitative estimate of drug-likeness (QED) is 0.836. The van der Waals surface area contributed by atoms with Crippen LogP contribution in [0.15, 0.2) is 18.2 Å². The summed E-state index contributed by atoms with van der Waals surface area (Å²) in [6.07, 6.45) is 2.58. The van der Waals surface area contributed by atoms with Crippen molar-refractivity contribution in [3.8, 4) is 0 Å². The van der Waals surface area contributed by atoms with E-state index >= 15 is 0 Å². The van der Waals surface area contributed by atoms with Gasteiger partial charge in [-0.15, -0.1) is 0 Å². The second-order valence-electron chi connectivity index (χ2n) is 4.79. The topological polar surface area (TPSA) is 43.3 Å². The Morgan fingerprint density at radius 3 is 2.81 bits per heavy atom. The molecule has 0 amide bonds. The van der Waals surface area contributed by atoms with Crippen LogP contribution in [0, 0.1) is 6.92 Å². The van der Waals surface area contributed by atoms with Crippen molar-refractivity contribution in [3.63, 3.8) is 0 Å². The minimum atomic E-state index is 0.0450. The highest BCUT2D eigenvalue weighted by Crippen LogP contribution is 2.41. The van der Waals surface area contributed by atoms with E-state index in [1.807, 2.05) is 13.0 Å². The molecular weight excluding hydrogens is 198 g/mol. The number of rotatable bonds is 2. The Morgan fingerprint density at radius 2 is 2.19 bits per heavy atom. The third-order valence-corrected chi connectivity index (χ3v) is 3.37. The predicted octanol–water partition coefficient (Wildman–Crippen LogP) is 2.54. The zero-order valence-electron chi connectivity index (χ0n) is 9.77. The molecule has 3 nitrogen and oxygen atoms in total. The highest BCUT2D eigenvalue weighted by molar-refractivity contribution is 5.47. The Balaban J connectivity index is 2.28.